The van der Waals surface area contributed by atoms with Crippen LogP contribution in [0.3, 0.4) is 0 Å². The molecular weight excluding hydrogens is 323 g/mol. The molecule has 0 amide bonds. The molecule has 0 saturated carbocycles. The van der Waals surface area contributed by atoms with Gasteiger partial charge in [-0.1, -0.05) is 59.6 Å². The third-order valence-corrected chi connectivity index (χ3v) is 4.63. The molecule has 1 unspecified atom stereocenters. The Hall–Kier alpha value is -0.930. The van der Waals surface area contributed by atoms with Crippen molar-refractivity contribution in [2.24, 2.45) is 0 Å². The summed E-state index contributed by atoms with van der Waals surface area (Å²) in [5.41, 5.74) is 2.27. The number of rotatable bonds is 6. The molecule has 0 fully saturated rings. The van der Waals surface area contributed by atoms with E-state index >= 15 is 0 Å². The fourth-order valence-corrected chi connectivity index (χ4v) is 3.02. The Bertz CT molecular complexity index is 579. The molecule has 0 spiro atoms. The van der Waals surface area contributed by atoms with E-state index in [0.717, 1.165) is 15.6 Å². The van der Waals surface area contributed by atoms with E-state index in [9.17, 15) is 0 Å². The lowest BCUT2D eigenvalue weighted by Crippen LogP contribution is -1.94. The monoisotopic (exact) mass is 338 g/mol. The zero-order chi connectivity index (χ0) is 15.1. The number of benzene rings is 2. The van der Waals surface area contributed by atoms with E-state index in [1.807, 2.05) is 48.5 Å². The highest BCUT2D eigenvalue weighted by atomic mass is 35.5. The van der Waals surface area contributed by atoms with Crippen molar-refractivity contribution < 1.29 is 5.11 Å². The first-order chi connectivity index (χ1) is 10.2. The second-order valence-electron chi connectivity index (χ2n) is 4.48. The second-order valence-corrected chi connectivity index (χ2v) is 6.60. The van der Waals surface area contributed by atoms with E-state index in [0.29, 0.717) is 5.75 Å². The zero-order valence-electron chi connectivity index (χ0n) is 11.4. The van der Waals surface area contributed by atoms with Gasteiger partial charge in [0.25, 0.3) is 0 Å². The minimum absolute atomic E-state index is 0.170. The highest BCUT2D eigenvalue weighted by Crippen LogP contribution is 2.31. The van der Waals surface area contributed by atoms with Gasteiger partial charge in [-0.05, 0) is 35.4 Å². The summed E-state index contributed by atoms with van der Waals surface area (Å²) < 4.78 is 0. The lowest BCUT2D eigenvalue weighted by atomic mass is 10.1. The molecule has 2 aromatic rings. The molecule has 0 bridgehead atoms. The third-order valence-electron chi connectivity index (χ3n) is 2.92. The van der Waals surface area contributed by atoms with Crippen LogP contribution in [0.25, 0.3) is 6.08 Å². The van der Waals surface area contributed by atoms with Gasteiger partial charge in [-0.3, -0.25) is 0 Å². The Kier molecular flexibility index (Phi) is 6.65. The fourth-order valence-electron chi connectivity index (χ4n) is 1.87. The lowest BCUT2D eigenvalue weighted by Gasteiger charge is -2.12. The van der Waals surface area contributed by atoms with Crippen molar-refractivity contribution in [2.45, 2.75) is 5.25 Å². The number of thioether (sulfide) groups is 1. The molecule has 0 heterocycles. The first-order valence-electron chi connectivity index (χ1n) is 6.61. The average Bonchev–Trinajstić information content (AvgIpc) is 2.50. The Morgan fingerprint density at radius 1 is 0.952 bits per heavy atom. The molecule has 1 N–H and O–H groups in total. The molecule has 4 heteroatoms. The molecule has 2 aromatic carbocycles. The molecule has 110 valence electrons. The molecule has 0 aliphatic heterocycles. The van der Waals surface area contributed by atoms with Crippen LogP contribution in [0.1, 0.15) is 16.4 Å². The average molecular weight is 339 g/mol. The quantitative estimate of drug-likeness (QED) is 0.753. The van der Waals surface area contributed by atoms with E-state index in [1.54, 1.807) is 11.8 Å². The molecule has 0 radical (unpaired) electrons. The normalized spacial score (nSPS) is 12.7. The largest absolute Gasteiger partial charge is 0.396 e. The van der Waals surface area contributed by atoms with Crippen LogP contribution >= 0.6 is 35.0 Å². The van der Waals surface area contributed by atoms with Crippen LogP contribution in [0.15, 0.2) is 54.6 Å². The number of aliphatic hydroxyl groups is 1. The summed E-state index contributed by atoms with van der Waals surface area (Å²) >= 11 is 13.5. The van der Waals surface area contributed by atoms with Crippen LogP contribution in [-0.2, 0) is 0 Å². The van der Waals surface area contributed by atoms with Crippen LogP contribution in [0.2, 0.25) is 10.0 Å². The highest BCUT2D eigenvalue weighted by Gasteiger charge is 2.08. The number of aliphatic hydroxyl groups excluding tert-OH is 1. The minimum atomic E-state index is 0.170. The summed E-state index contributed by atoms with van der Waals surface area (Å²) in [6.07, 6.45) is 4.20. The van der Waals surface area contributed by atoms with Crippen molar-refractivity contribution >= 4 is 41.0 Å². The summed E-state index contributed by atoms with van der Waals surface area (Å²) in [6.45, 7) is 0.170. The Morgan fingerprint density at radius 2 is 1.52 bits per heavy atom. The van der Waals surface area contributed by atoms with Gasteiger partial charge in [-0.2, -0.15) is 0 Å². The van der Waals surface area contributed by atoms with Crippen molar-refractivity contribution in [1.82, 2.24) is 0 Å². The standard InChI is InChI=1S/C17H16Cl2OS/c18-15-6-1-13(2-7-15)3-10-17(21-12-11-20)14-4-8-16(19)9-5-14/h1-10,17,20H,11-12H2/b10-3+. The lowest BCUT2D eigenvalue weighted by molar-refractivity contribution is 0.322. The van der Waals surface area contributed by atoms with Gasteiger partial charge in [0.15, 0.2) is 0 Å². The summed E-state index contributed by atoms with van der Waals surface area (Å²) in [4.78, 5) is 0. The summed E-state index contributed by atoms with van der Waals surface area (Å²) in [7, 11) is 0. The Balaban J connectivity index is 2.15. The molecule has 0 aliphatic carbocycles. The smallest absolute Gasteiger partial charge is 0.0522 e. The van der Waals surface area contributed by atoms with Crippen molar-refractivity contribution in [3.63, 3.8) is 0 Å². The maximum absolute atomic E-state index is 9.04. The van der Waals surface area contributed by atoms with Gasteiger partial charge < -0.3 is 5.11 Å². The van der Waals surface area contributed by atoms with Crippen LogP contribution in [0.5, 0.6) is 0 Å². The number of hydrogen-bond acceptors (Lipinski definition) is 2. The van der Waals surface area contributed by atoms with Gasteiger partial charge >= 0.3 is 0 Å². The van der Waals surface area contributed by atoms with E-state index in [2.05, 4.69) is 12.2 Å². The Labute approximate surface area is 139 Å². The SMILES string of the molecule is OCCSC(/C=C/c1ccc(Cl)cc1)c1ccc(Cl)cc1. The predicted molar refractivity (Wildman–Crippen MR) is 94.2 cm³/mol. The molecule has 1 atom stereocenters. The molecule has 0 aromatic heterocycles. The summed E-state index contributed by atoms with van der Waals surface area (Å²) in [5.74, 6) is 0.693. The zero-order valence-corrected chi connectivity index (χ0v) is 13.7. The molecule has 0 saturated heterocycles. The topological polar surface area (TPSA) is 20.2 Å². The second kappa shape index (κ2) is 8.50. The van der Waals surface area contributed by atoms with Gasteiger partial charge in [-0.25, -0.2) is 0 Å². The fraction of sp³-hybridized carbons (Fsp3) is 0.176. The van der Waals surface area contributed by atoms with E-state index in [4.69, 9.17) is 28.3 Å². The van der Waals surface area contributed by atoms with Gasteiger partial charge in [0, 0.05) is 21.0 Å². The minimum Gasteiger partial charge on any atom is -0.396 e. The summed E-state index contributed by atoms with van der Waals surface area (Å²) in [6, 6.07) is 15.5. The molecular formula is C17H16Cl2OS. The van der Waals surface area contributed by atoms with Crippen LogP contribution < -0.4 is 0 Å². The van der Waals surface area contributed by atoms with Gasteiger partial charge in [0.2, 0.25) is 0 Å². The number of halogens is 2. The summed E-state index contributed by atoms with van der Waals surface area (Å²) in [5, 5.41) is 10.7. The van der Waals surface area contributed by atoms with Gasteiger partial charge in [0.05, 0.1) is 6.61 Å². The first kappa shape index (κ1) is 16.4. The molecule has 1 nitrogen and oxygen atoms in total. The Morgan fingerprint density at radius 3 is 2.10 bits per heavy atom. The van der Waals surface area contributed by atoms with Crippen molar-refractivity contribution in [2.75, 3.05) is 12.4 Å². The maximum Gasteiger partial charge on any atom is 0.0522 e. The van der Waals surface area contributed by atoms with Gasteiger partial charge in [0.1, 0.15) is 0 Å². The molecule has 21 heavy (non-hydrogen) atoms. The van der Waals surface area contributed by atoms with E-state index < -0.39 is 0 Å². The van der Waals surface area contributed by atoms with Crippen molar-refractivity contribution in [3.05, 3.63) is 75.8 Å². The third kappa shape index (κ3) is 5.40. The van der Waals surface area contributed by atoms with Crippen LogP contribution in [0.4, 0.5) is 0 Å². The van der Waals surface area contributed by atoms with E-state index in [-0.39, 0.29) is 11.9 Å². The predicted octanol–water partition coefficient (Wildman–Crippen LogP) is 5.47. The number of hydrogen-bond donors (Lipinski definition) is 1. The highest BCUT2D eigenvalue weighted by molar-refractivity contribution is 7.99. The van der Waals surface area contributed by atoms with Crippen LogP contribution in [-0.4, -0.2) is 17.5 Å². The molecule has 2 rings (SSSR count). The first-order valence-corrected chi connectivity index (χ1v) is 8.41. The van der Waals surface area contributed by atoms with Crippen molar-refractivity contribution in [1.29, 1.82) is 0 Å². The maximum atomic E-state index is 9.04. The molecule has 0 aliphatic rings. The van der Waals surface area contributed by atoms with E-state index in [1.165, 1.54) is 5.56 Å². The van der Waals surface area contributed by atoms with Gasteiger partial charge in [-0.15, -0.1) is 11.8 Å². The van der Waals surface area contributed by atoms with Crippen molar-refractivity contribution in [3.8, 4) is 0 Å². The van der Waals surface area contributed by atoms with Crippen LogP contribution in [0, 0.1) is 0 Å².